The second kappa shape index (κ2) is 8.09. The van der Waals surface area contributed by atoms with Gasteiger partial charge in [-0.15, -0.1) is 10.2 Å². The van der Waals surface area contributed by atoms with Crippen LogP contribution in [0.2, 0.25) is 0 Å². The van der Waals surface area contributed by atoms with Gasteiger partial charge in [-0.3, -0.25) is 9.39 Å². The van der Waals surface area contributed by atoms with Gasteiger partial charge in [0.2, 0.25) is 0 Å². The van der Waals surface area contributed by atoms with Crippen LogP contribution in [-0.2, 0) is 11.8 Å². The molecule has 1 N–H and O–H groups in total. The van der Waals surface area contributed by atoms with Gasteiger partial charge in [-0.25, -0.2) is 0 Å². The molecule has 3 aromatic rings. The number of hydrogen-bond acceptors (Lipinski definition) is 3. The number of rotatable bonds is 5. The smallest absolute Gasteiger partial charge is 0.198 e. The maximum absolute atomic E-state index is 5.00. The lowest BCUT2D eigenvalue weighted by Crippen LogP contribution is -2.43. The van der Waals surface area contributed by atoms with Crippen LogP contribution in [0.3, 0.4) is 0 Å². The lowest BCUT2D eigenvalue weighted by molar-refractivity contribution is 0.478. The van der Waals surface area contributed by atoms with E-state index in [2.05, 4.69) is 56.0 Å². The highest BCUT2D eigenvalue weighted by Crippen LogP contribution is 2.50. The average molecular weight is 403 g/mol. The molecule has 0 bridgehead atoms. The second-order valence-electron chi connectivity index (χ2n) is 8.48. The molecule has 0 saturated heterocycles. The first-order valence-corrected chi connectivity index (χ1v) is 11.2. The highest BCUT2D eigenvalue weighted by atomic mass is 15.3. The van der Waals surface area contributed by atoms with E-state index in [-0.39, 0.29) is 0 Å². The number of nitrogens with zero attached hydrogens (tertiary/aromatic N) is 5. The van der Waals surface area contributed by atoms with Crippen LogP contribution in [0.5, 0.6) is 0 Å². The standard InChI is InChI=1S/C24H30N6/c1-2-25-23(26-16-9-13-22-28-27-21-12-5-8-17-29(21)22)30-18-24(14-6-7-15-24)19-10-3-4-11-20(19)30/h3-5,8,10-12,17H,2,6-7,9,13-16,18H2,1H3,(H,25,26). The fourth-order valence-corrected chi connectivity index (χ4v) is 5.18. The van der Waals surface area contributed by atoms with Crippen LogP contribution in [0.4, 0.5) is 5.69 Å². The van der Waals surface area contributed by atoms with E-state index in [1.807, 2.05) is 24.4 Å². The predicted octanol–water partition coefficient (Wildman–Crippen LogP) is 3.96. The van der Waals surface area contributed by atoms with Gasteiger partial charge in [0.15, 0.2) is 11.6 Å². The Balaban J connectivity index is 1.32. The minimum Gasteiger partial charge on any atom is -0.356 e. The fraction of sp³-hybridized carbons (Fsp3) is 0.458. The summed E-state index contributed by atoms with van der Waals surface area (Å²) in [5.74, 6) is 2.02. The molecule has 0 atom stereocenters. The second-order valence-corrected chi connectivity index (χ2v) is 8.48. The zero-order valence-electron chi connectivity index (χ0n) is 17.7. The third-order valence-corrected chi connectivity index (χ3v) is 6.58. The Hall–Kier alpha value is -2.89. The van der Waals surface area contributed by atoms with Crippen molar-refractivity contribution in [2.75, 3.05) is 24.5 Å². The van der Waals surface area contributed by atoms with Crippen molar-refractivity contribution < 1.29 is 0 Å². The van der Waals surface area contributed by atoms with E-state index in [0.29, 0.717) is 5.41 Å². The number of pyridine rings is 1. The molecule has 0 amide bonds. The predicted molar refractivity (Wildman–Crippen MR) is 121 cm³/mol. The van der Waals surface area contributed by atoms with Gasteiger partial charge in [0, 0.05) is 43.4 Å². The Morgan fingerprint density at radius 2 is 1.93 bits per heavy atom. The van der Waals surface area contributed by atoms with Crippen molar-refractivity contribution in [3.8, 4) is 0 Å². The molecule has 1 aliphatic carbocycles. The Bertz CT molecular complexity index is 1050. The number of aliphatic imine (C=N–C) groups is 1. The summed E-state index contributed by atoms with van der Waals surface area (Å²) in [7, 11) is 0. The first-order valence-electron chi connectivity index (χ1n) is 11.2. The summed E-state index contributed by atoms with van der Waals surface area (Å²) < 4.78 is 2.06. The number of fused-ring (bicyclic) bond motifs is 3. The molecule has 1 aromatic carbocycles. The van der Waals surface area contributed by atoms with Gasteiger partial charge in [0.1, 0.15) is 5.82 Å². The zero-order valence-corrected chi connectivity index (χ0v) is 17.7. The van der Waals surface area contributed by atoms with Crippen molar-refractivity contribution in [2.24, 2.45) is 4.99 Å². The first-order chi connectivity index (χ1) is 14.8. The molecule has 2 aliphatic rings. The number of aryl methyl sites for hydroxylation is 1. The van der Waals surface area contributed by atoms with Crippen LogP contribution < -0.4 is 10.2 Å². The fourth-order valence-electron chi connectivity index (χ4n) is 5.18. The molecule has 3 heterocycles. The van der Waals surface area contributed by atoms with E-state index >= 15 is 0 Å². The van der Waals surface area contributed by atoms with Crippen LogP contribution in [0.25, 0.3) is 5.65 Å². The number of para-hydroxylation sites is 1. The molecule has 0 unspecified atom stereocenters. The summed E-state index contributed by atoms with van der Waals surface area (Å²) in [5, 5.41) is 12.1. The molecule has 5 rings (SSSR count). The van der Waals surface area contributed by atoms with Crippen LogP contribution in [0, 0.1) is 0 Å². The summed E-state index contributed by atoms with van der Waals surface area (Å²) in [4.78, 5) is 7.43. The molecule has 30 heavy (non-hydrogen) atoms. The van der Waals surface area contributed by atoms with Crippen LogP contribution in [0.15, 0.2) is 53.7 Å². The maximum Gasteiger partial charge on any atom is 0.198 e. The highest BCUT2D eigenvalue weighted by Gasteiger charge is 2.45. The van der Waals surface area contributed by atoms with E-state index in [1.165, 1.54) is 36.9 Å². The zero-order chi connectivity index (χ0) is 20.4. The number of benzene rings is 1. The van der Waals surface area contributed by atoms with Crippen molar-refractivity contribution in [3.05, 3.63) is 60.0 Å². The van der Waals surface area contributed by atoms with Crippen molar-refractivity contribution in [1.82, 2.24) is 19.9 Å². The molecule has 6 heteroatoms. The van der Waals surface area contributed by atoms with E-state index in [4.69, 9.17) is 4.99 Å². The minimum atomic E-state index is 0.313. The topological polar surface area (TPSA) is 57.8 Å². The molecule has 6 nitrogen and oxygen atoms in total. The number of hydrogen-bond donors (Lipinski definition) is 1. The average Bonchev–Trinajstić information content (AvgIpc) is 3.50. The van der Waals surface area contributed by atoms with E-state index in [0.717, 1.165) is 49.9 Å². The molecule has 156 valence electrons. The Kier molecular flexibility index (Phi) is 5.15. The highest BCUT2D eigenvalue weighted by molar-refractivity contribution is 5.98. The molecule has 1 saturated carbocycles. The minimum absolute atomic E-state index is 0.313. The number of guanidine groups is 1. The summed E-state index contributed by atoms with van der Waals surface area (Å²) in [6.07, 6.45) is 9.10. The van der Waals surface area contributed by atoms with E-state index in [9.17, 15) is 0 Å². The molecular weight excluding hydrogens is 372 g/mol. The van der Waals surface area contributed by atoms with Crippen molar-refractivity contribution in [3.63, 3.8) is 0 Å². The Labute approximate surface area is 178 Å². The quantitative estimate of drug-likeness (QED) is 0.399. The molecule has 1 spiro atoms. The van der Waals surface area contributed by atoms with Gasteiger partial charge >= 0.3 is 0 Å². The Morgan fingerprint density at radius 3 is 2.80 bits per heavy atom. The number of aromatic nitrogens is 3. The summed E-state index contributed by atoms with van der Waals surface area (Å²) in [6, 6.07) is 14.9. The summed E-state index contributed by atoms with van der Waals surface area (Å²) >= 11 is 0. The maximum atomic E-state index is 5.00. The largest absolute Gasteiger partial charge is 0.356 e. The molecule has 2 aromatic heterocycles. The summed E-state index contributed by atoms with van der Waals surface area (Å²) in [6.45, 7) is 4.84. The van der Waals surface area contributed by atoms with Gasteiger partial charge in [-0.1, -0.05) is 37.1 Å². The SMILES string of the molecule is CCNC(=NCCCc1nnc2ccccn12)N1CC2(CCCC2)c2ccccc21. The third kappa shape index (κ3) is 3.34. The van der Waals surface area contributed by atoms with Crippen molar-refractivity contribution in [2.45, 2.75) is 50.9 Å². The lowest BCUT2D eigenvalue weighted by Gasteiger charge is -2.26. The molecule has 1 fully saturated rings. The number of nitrogens with one attached hydrogen (secondary N) is 1. The summed E-state index contributed by atoms with van der Waals surface area (Å²) in [5.41, 5.74) is 4.07. The number of anilines is 1. The first kappa shape index (κ1) is 19.1. The molecule has 0 radical (unpaired) electrons. The van der Waals surface area contributed by atoms with E-state index in [1.54, 1.807) is 0 Å². The monoisotopic (exact) mass is 402 g/mol. The van der Waals surface area contributed by atoms with E-state index < -0.39 is 0 Å². The van der Waals surface area contributed by atoms with Crippen LogP contribution in [0.1, 0.15) is 50.4 Å². The normalized spacial score (nSPS) is 17.8. The Morgan fingerprint density at radius 1 is 1.10 bits per heavy atom. The van der Waals surface area contributed by atoms with Gasteiger partial charge in [0.05, 0.1) is 0 Å². The van der Waals surface area contributed by atoms with Gasteiger partial charge < -0.3 is 10.2 Å². The van der Waals surface area contributed by atoms with Gasteiger partial charge in [0.25, 0.3) is 0 Å². The molecular formula is C24H30N6. The lowest BCUT2D eigenvalue weighted by atomic mass is 9.81. The van der Waals surface area contributed by atoms with Crippen molar-refractivity contribution in [1.29, 1.82) is 0 Å². The van der Waals surface area contributed by atoms with Gasteiger partial charge in [-0.2, -0.15) is 0 Å². The van der Waals surface area contributed by atoms with Gasteiger partial charge in [-0.05, 0) is 49.9 Å². The van der Waals surface area contributed by atoms with Crippen LogP contribution in [-0.4, -0.2) is 40.2 Å². The van der Waals surface area contributed by atoms with Crippen LogP contribution >= 0.6 is 0 Å². The third-order valence-electron chi connectivity index (χ3n) is 6.58. The van der Waals surface area contributed by atoms with Crippen molar-refractivity contribution >= 4 is 17.3 Å². The molecule has 1 aliphatic heterocycles.